The Kier molecular flexibility index (Phi) is 3.77. The van der Waals surface area contributed by atoms with Gasteiger partial charge in [-0.25, -0.2) is 0 Å². The van der Waals surface area contributed by atoms with E-state index in [0.29, 0.717) is 6.54 Å². The van der Waals surface area contributed by atoms with Gasteiger partial charge in [0.15, 0.2) is 0 Å². The third-order valence-corrected chi connectivity index (χ3v) is 2.39. The van der Waals surface area contributed by atoms with E-state index in [0.717, 1.165) is 11.3 Å². The third-order valence-electron chi connectivity index (χ3n) is 2.39. The van der Waals surface area contributed by atoms with Crippen LogP contribution in [0.1, 0.15) is 5.56 Å². The molecule has 0 radical (unpaired) electrons. The zero-order valence-electron chi connectivity index (χ0n) is 9.78. The standard InChI is InChI=1S/C13H16N2O2/c1-11-4-2-5-13(8-11)17-10-12(16)9-15-7-3-6-14-15/h2-8,12,16H,9-10H2,1H3. The monoisotopic (exact) mass is 232 g/mol. The Hall–Kier alpha value is -1.81. The maximum atomic E-state index is 9.77. The van der Waals surface area contributed by atoms with Crippen LogP contribution in [0.5, 0.6) is 5.75 Å². The maximum absolute atomic E-state index is 9.77. The highest BCUT2D eigenvalue weighted by molar-refractivity contribution is 5.27. The molecule has 0 bridgehead atoms. The molecule has 0 aliphatic carbocycles. The molecule has 0 spiro atoms. The van der Waals surface area contributed by atoms with E-state index >= 15 is 0 Å². The number of aromatic nitrogens is 2. The summed E-state index contributed by atoms with van der Waals surface area (Å²) in [5.74, 6) is 0.782. The van der Waals surface area contributed by atoms with Crippen LogP contribution in [0.3, 0.4) is 0 Å². The number of rotatable bonds is 5. The normalized spacial score (nSPS) is 12.4. The van der Waals surface area contributed by atoms with Gasteiger partial charge in [-0.3, -0.25) is 4.68 Å². The molecule has 0 fully saturated rings. The van der Waals surface area contributed by atoms with Crippen molar-refractivity contribution in [3.8, 4) is 5.75 Å². The van der Waals surface area contributed by atoms with E-state index in [1.807, 2.05) is 43.5 Å². The molecule has 0 saturated heterocycles. The Labute approximate surface area is 100 Å². The number of ether oxygens (including phenoxy) is 1. The van der Waals surface area contributed by atoms with Crippen molar-refractivity contribution in [1.29, 1.82) is 0 Å². The topological polar surface area (TPSA) is 47.3 Å². The lowest BCUT2D eigenvalue weighted by molar-refractivity contribution is 0.0893. The molecule has 90 valence electrons. The molecule has 0 saturated carbocycles. The van der Waals surface area contributed by atoms with Crippen LogP contribution >= 0.6 is 0 Å². The molecule has 1 N–H and O–H groups in total. The van der Waals surface area contributed by atoms with Crippen LogP contribution in [0.2, 0.25) is 0 Å². The van der Waals surface area contributed by atoms with Gasteiger partial charge in [-0.15, -0.1) is 0 Å². The lowest BCUT2D eigenvalue weighted by Crippen LogP contribution is -2.23. The van der Waals surface area contributed by atoms with Gasteiger partial charge >= 0.3 is 0 Å². The molecule has 0 aliphatic heterocycles. The van der Waals surface area contributed by atoms with Crippen molar-refractivity contribution in [2.24, 2.45) is 0 Å². The molecule has 17 heavy (non-hydrogen) atoms. The molecule has 1 aromatic carbocycles. The first-order valence-corrected chi connectivity index (χ1v) is 5.59. The first-order valence-electron chi connectivity index (χ1n) is 5.59. The molecule has 1 atom stereocenters. The maximum Gasteiger partial charge on any atom is 0.119 e. The SMILES string of the molecule is Cc1cccc(OCC(O)Cn2cccn2)c1. The number of aliphatic hydroxyl groups is 1. The fraction of sp³-hybridized carbons (Fsp3) is 0.308. The van der Waals surface area contributed by atoms with Crippen molar-refractivity contribution in [2.75, 3.05) is 6.61 Å². The third kappa shape index (κ3) is 3.60. The number of hydrogen-bond acceptors (Lipinski definition) is 3. The molecule has 4 nitrogen and oxygen atoms in total. The highest BCUT2D eigenvalue weighted by Crippen LogP contribution is 2.12. The summed E-state index contributed by atoms with van der Waals surface area (Å²) in [6.07, 6.45) is 2.94. The number of nitrogens with zero attached hydrogens (tertiary/aromatic N) is 2. The quantitative estimate of drug-likeness (QED) is 0.852. The number of aryl methyl sites for hydroxylation is 1. The second-order valence-electron chi connectivity index (χ2n) is 4.01. The van der Waals surface area contributed by atoms with Crippen LogP contribution in [-0.2, 0) is 6.54 Å². The van der Waals surface area contributed by atoms with E-state index in [4.69, 9.17) is 4.74 Å². The van der Waals surface area contributed by atoms with E-state index in [2.05, 4.69) is 5.10 Å². The minimum atomic E-state index is -0.560. The minimum absolute atomic E-state index is 0.267. The first kappa shape index (κ1) is 11.7. The summed E-state index contributed by atoms with van der Waals surface area (Å²) >= 11 is 0. The van der Waals surface area contributed by atoms with Crippen LogP contribution in [0, 0.1) is 6.92 Å². The van der Waals surface area contributed by atoms with E-state index < -0.39 is 6.10 Å². The molecule has 0 amide bonds. The predicted octanol–water partition coefficient (Wildman–Crippen LogP) is 1.63. The van der Waals surface area contributed by atoms with E-state index in [1.54, 1.807) is 10.9 Å². The van der Waals surface area contributed by atoms with Gasteiger partial charge in [0, 0.05) is 12.4 Å². The van der Waals surface area contributed by atoms with E-state index in [9.17, 15) is 5.11 Å². The summed E-state index contributed by atoms with van der Waals surface area (Å²) in [6, 6.07) is 9.60. The summed E-state index contributed by atoms with van der Waals surface area (Å²) in [7, 11) is 0. The summed E-state index contributed by atoms with van der Waals surface area (Å²) in [5.41, 5.74) is 1.14. The van der Waals surface area contributed by atoms with Gasteiger partial charge in [0.05, 0.1) is 6.54 Å². The zero-order valence-corrected chi connectivity index (χ0v) is 9.78. The molecule has 2 rings (SSSR count). The smallest absolute Gasteiger partial charge is 0.119 e. The molecular formula is C13H16N2O2. The largest absolute Gasteiger partial charge is 0.491 e. The van der Waals surface area contributed by atoms with Gasteiger partial charge in [-0.05, 0) is 30.7 Å². The van der Waals surface area contributed by atoms with Crippen molar-refractivity contribution in [3.05, 3.63) is 48.3 Å². The summed E-state index contributed by atoms with van der Waals surface area (Å²) in [4.78, 5) is 0. The van der Waals surface area contributed by atoms with Crippen LogP contribution in [0.4, 0.5) is 0 Å². The lowest BCUT2D eigenvalue weighted by atomic mass is 10.2. The van der Waals surface area contributed by atoms with Crippen molar-refractivity contribution >= 4 is 0 Å². The van der Waals surface area contributed by atoms with E-state index in [-0.39, 0.29) is 6.61 Å². The summed E-state index contributed by atoms with van der Waals surface area (Å²) in [5, 5.41) is 13.8. The van der Waals surface area contributed by atoms with Gasteiger partial charge in [0.2, 0.25) is 0 Å². The molecule has 1 heterocycles. The number of hydrogen-bond donors (Lipinski definition) is 1. The molecule has 4 heteroatoms. The Balaban J connectivity index is 1.82. The lowest BCUT2D eigenvalue weighted by Gasteiger charge is -2.12. The fourth-order valence-electron chi connectivity index (χ4n) is 1.57. The van der Waals surface area contributed by atoms with Crippen molar-refractivity contribution < 1.29 is 9.84 Å². The first-order chi connectivity index (χ1) is 8.24. The highest BCUT2D eigenvalue weighted by Gasteiger charge is 2.06. The Morgan fingerprint density at radius 1 is 1.41 bits per heavy atom. The second-order valence-corrected chi connectivity index (χ2v) is 4.01. The Morgan fingerprint density at radius 3 is 3.00 bits per heavy atom. The molecule has 2 aromatic rings. The predicted molar refractivity (Wildman–Crippen MR) is 64.9 cm³/mol. The molecular weight excluding hydrogens is 216 g/mol. The van der Waals surface area contributed by atoms with Gasteiger partial charge in [-0.2, -0.15) is 5.10 Å². The van der Waals surface area contributed by atoms with E-state index in [1.165, 1.54) is 0 Å². The Bertz CT molecular complexity index is 454. The summed E-state index contributed by atoms with van der Waals surface area (Å²) < 4.78 is 7.19. The average Bonchev–Trinajstić information content (AvgIpc) is 2.79. The summed E-state index contributed by atoms with van der Waals surface area (Å²) in [6.45, 7) is 2.72. The zero-order chi connectivity index (χ0) is 12.1. The molecule has 1 aromatic heterocycles. The Morgan fingerprint density at radius 2 is 2.29 bits per heavy atom. The molecule has 0 aliphatic rings. The minimum Gasteiger partial charge on any atom is -0.491 e. The fourth-order valence-corrected chi connectivity index (χ4v) is 1.57. The van der Waals surface area contributed by atoms with Crippen LogP contribution < -0.4 is 4.74 Å². The van der Waals surface area contributed by atoms with Gasteiger partial charge in [0.1, 0.15) is 18.5 Å². The van der Waals surface area contributed by atoms with Crippen LogP contribution in [-0.4, -0.2) is 27.6 Å². The van der Waals surface area contributed by atoms with Crippen LogP contribution in [0.15, 0.2) is 42.7 Å². The van der Waals surface area contributed by atoms with Gasteiger partial charge < -0.3 is 9.84 Å². The average molecular weight is 232 g/mol. The number of aliphatic hydroxyl groups excluding tert-OH is 1. The van der Waals surface area contributed by atoms with Crippen molar-refractivity contribution in [1.82, 2.24) is 9.78 Å². The number of benzene rings is 1. The molecule has 1 unspecified atom stereocenters. The highest BCUT2D eigenvalue weighted by atomic mass is 16.5. The van der Waals surface area contributed by atoms with Crippen molar-refractivity contribution in [2.45, 2.75) is 19.6 Å². The van der Waals surface area contributed by atoms with Crippen molar-refractivity contribution in [3.63, 3.8) is 0 Å². The van der Waals surface area contributed by atoms with Gasteiger partial charge in [0.25, 0.3) is 0 Å². The second kappa shape index (κ2) is 5.50. The van der Waals surface area contributed by atoms with Crippen LogP contribution in [0.25, 0.3) is 0 Å². The van der Waals surface area contributed by atoms with Gasteiger partial charge in [-0.1, -0.05) is 12.1 Å².